The van der Waals surface area contributed by atoms with Crippen molar-refractivity contribution < 1.29 is 14.0 Å². The van der Waals surface area contributed by atoms with E-state index in [1.807, 2.05) is 6.92 Å². The number of aryl methyl sites for hydroxylation is 2. The minimum atomic E-state index is -0.327. The van der Waals surface area contributed by atoms with Crippen LogP contribution < -0.4 is 10.6 Å². The fraction of sp³-hybridized carbons (Fsp3) is 0.118. The number of furan rings is 1. The second kappa shape index (κ2) is 6.41. The summed E-state index contributed by atoms with van der Waals surface area (Å²) in [6.07, 6.45) is 0. The molecule has 0 aliphatic heterocycles. The van der Waals surface area contributed by atoms with E-state index in [0.717, 1.165) is 5.69 Å². The van der Waals surface area contributed by atoms with E-state index >= 15 is 0 Å². The van der Waals surface area contributed by atoms with E-state index in [0.29, 0.717) is 22.8 Å². The second-order valence-electron chi connectivity index (χ2n) is 5.33. The lowest BCUT2D eigenvalue weighted by atomic mass is 10.2. The molecule has 3 N–H and O–H groups in total. The van der Waals surface area contributed by atoms with Crippen molar-refractivity contribution in [2.45, 2.75) is 13.8 Å². The Labute approximate surface area is 138 Å². The number of hydrogen-bond acceptors (Lipinski definition) is 4. The van der Waals surface area contributed by atoms with E-state index in [1.165, 1.54) is 0 Å². The first-order valence-corrected chi connectivity index (χ1v) is 7.32. The molecule has 2 amide bonds. The van der Waals surface area contributed by atoms with Gasteiger partial charge in [-0.05, 0) is 56.3 Å². The van der Waals surface area contributed by atoms with Crippen LogP contribution >= 0.6 is 0 Å². The highest BCUT2D eigenvalue weighted by Gasteiger charge is 2.11. The minimum absolute atomic E-state index is 0.249. The topological polar surface area (TPSA) is 100 Å². The zero-order chi connectivity index (χ0) is 17.1. The molecule has 0 unspecified atom stereocenters. The van der Waals surface area contributed by atoms with E-state index in [4.69, 9.17) is 4.42 Å². The van der Waals surface area contributed by atoms with E-state index in [-0.39, 0.29) is 17.6 Å². The van der Waals surface area contributed by atoms with Gasteiger partial charge in [0.1, 0.15) is 5.76 Å². The first-order chi connectivity index (χ1) is 11.5. The number of hydrogen-bond donors (Lipinski definition) is 3. The van der Waals surface area contributed by atoms with Gasteiger partial charge in [-0.2, -0.15) is 5.10 Å². The van der Waals surface area contributed by atoms with Crippen LogP contribution in [-0.4, -0.2) is 22.0 Å². The smallest absolute Gasteiger partial charge is 0.291 e. The van der Waals surface area contributed by atoms with Crippen molar-refractivity contribution in [1.29, 1.82) is 0 Å². The summed E-state index contributed by atoms with van der Waals surface area (Å²) in [5.41, 5.74) is 2.33. The number of carbonyl (C=O) groups excluding carboxylic acids is 2. The maximum Gasteiger partial charge on any atom is 0.291 e. The molecule has 0 radical (unpaired) electrons. The van der Waals surface area contributed by atoms with Crippen LogP contribution in [0.4, 0.5) is 11.4 Å². The molecule has 0 saturated heterocycles. The lowest BCUT2D eigenvalue weighted by Gasteiger charge is -2.06. The van der Waals surface area contributed by atoms with Crippen molar-refractivity contribution in [1.82, 2.24) is 10.2 Å². The molecule has 0 aliphatic rings. The predicted octanol–water partition coefficient (Wildman–Crippen LogP) is 3.12. The van der Waals surface area contributed by atoms with Gasteiger partial charge in [0.15, 0.2) is 11.5 Å². The summed E-state index contributed by atoms with van der Waals surface area (Å²) < 4.78 is 5.27. The van der Waals surface area contributed by atoms with Gasteiger partial charge in [-0.15, -0.1) is 0 Å². The van der Waals surface area contributed by atoms with Gasteiger partial charge in [-0.1, -0.05) is 0 Å². The Morgan fingerprint density at radius 1 is 0.958 bits per heavy atom. The molecule has 0 aliphatic carbocycles. The van der Waals surface area contributed by atoms with E-state index in [1.54, 1.807) is 49.4 Å². The first kappa shape index (κ1) is 15.5. The van der Waals surface area contributed by atoms with Gasteiger partial charge < -0.3 is 15.1 Å². The third-order valence-electron chi connectivity index (χ3n) is 3.30. The molecule has 0 fully saturated rings. The Balaban J connectivity index is 1.63. The van der Waals surface area contributed by atoms with Crippen molar-refractivity contribution in [3.8, 4) is 0 Å². The monoisotopic (exact) mass is 324 g/mol. The number of aromatic amines is 1. The number of aromatic nitrogens is 2. The first-order valence-electron chi connectivity index (χ1n) is 7.32. The van der Waals surface area contributed by atoms with Crippen LogP contribution in [0.25, 0.3) is 0 Å². The van der Waals surface area contributed by atoms with Crippen molar-refractivity contribution in [2.24, 2.45) is 0 Å². The zero-order valence-corrected chi connectivity index (χ0v) is 13.2. The molecule has 2 heterocycles. The number of rotatable bonds is 4. The van der Waals surface area contributed by atoms with Crippen LogP contribution in [0.1, 0.15) is 32.5 Å². The number of amides is 2. The Bertz CT molecular complexity index is 804. The molecular weight excluding hydrogens is 308 g/mol. The second-order valence-corrected chi connectivity index (χ2v) is 5.33. The number of anilines is 2. The van der Waals surface area contributed by atoms with Gasteiger partial charge in [-0.25, -0.2) is 0 Å². The Kier molecular flexibility index (Phi) is 4.15. The van der Waals surface area contributed by atoms with Crippen molar-refractivity contribution in [3.05, 3.63) is 65.4 Å². The van der Waals surface area contributed by atoms with E-state index in [2.05, 4.69) is 20.8 Å². The normalized spacial score (nSPS) is 10.4. The quantitative estimate of drug-likeness (QED) is 0.686. The molecule has 122 valence electrons. The summed E-state index contributed by atoms with van der Waals surface area (Å²) in [7, 11) is 0. The maximum absolute atomic E-state index is 12.0. The average molecular weight is 324 g/mol. The molecule has 0 saturated carbocycles. The summed E-state index contributed by atoms with van der Waals surface area (Å²) in [6, 6.07) is 11.8. The predicted molar refractivity (Wildman–Crippen MR) is 89.1 cm³/mol. The van der Waals surface area contributed by atoms with Gasteiger partial charge in [0.25, 0.3) is 11.8 Å². The third-order valence-corrected chi connectivity index (χ3v) is 3.30. The number of benzene rings is 1. The molecule has 7 nitrogen and oxygen atoms in total. The minimum Gasteiger partial charge on any atom is -0.456 e. The van der Waals surface area contributed by atoms with Gasteiger partial charge in [0.05, 0.1) is 0 Å². The highest BCUT2D eigenvalue weighted by atomic mass is 16.3. The number of nitrogens with one attached hydrogen (secondary N) is 3. The molecule has 3 rings (SSSR count). The molecular formula is C17H16N4O3. The maximum atomic E-state index is 12.0. The largest absolute Gasteiger partial charge is 0.456 e. The van der Waals surface area contributed by atoms with Gasteiger partial charge in [0, 0.05) is 17.1 Å². The van der Waals surface area contributed by atoms with Crippen LogP contribution in [0, 0.1) is 13.8 Å². The zero-order valence-electron chi connectivity index (χ0n) is 13.2. The van der Waals surface area contributed by atoms with E-state index in [9.17, 15) is 9.59 Å². The van der Waals surface area contributed by atoms with Crippen LogP contribution in [-0.2, 0) is 0 Å². The summed E-state index contributed by atoms with van der Waals surface area (Å²) in [6.45, 7) is 3.59. The molecule has 24 heavy (non-hydrogen) atoms. The average Bonchev–Trinajstić information content (AvgIpc) is 3.18. The van der Waals surface area contributed by atoms with Crippen LogP contribution in [0.15, 0.2) is 46.9 Å². The fourth-order valence-corrected chi connectivity index (χ4v) is 2.12. The van der Waals surface area contributed by atoms with Gasteiger partial charge in [-0.3, -0.25) is 14.7 Å². The van der Waals surface area contributed by atoms with Gasteiger partial charge >= 0.3 is 0 Å². The molecule has 0 spiro atoms. The fourth-order valence-electron chi connectivity index (χ4n) is 2.12. The third kappa shape index (κ3) is 3.52. The molecule has 0 atom stereocenters. The molecule has 1 aromatic carbocycles. The summed E-state index contributed by atoms with van der Waals surface area (Å²) >= 11 is 0. The number of carbonyl (C=O) groups is 2. The lowest BCUT2D eigenvalue weighted by Crippen LogP contribution is -2.13. The van der Waals surface area contributed by atoms with Crippen molar-refractivity contribution in [3.63, 3.8) is 0 Å². The highest BCUT2D eigenvalue weighted by molar-refractivity contribution is 6.04. The van der Waals surface area contributed by atoms with Crippen LogP contribution in [0.3, 0.4) is 0 Å². The highest BCUT2D eigenvalue weighted by Crippen LogP contribution is 2.16. The van der Waals surface area contributed by atoms with Crippen LogP contribution in [0.5, 0.6) is 0 Å². The van der Waals surface area contributed by atoms with Crippen molar-refractivity contribution >= 4 is 23.2 Å². The number of H-pyrrole nitrogens is 1. The molecule has 7 heteroatoms. The Morgan fingerprint density at radius 2 is 1.58 bits per heavy atom. The Hall–Kier alpha value is -3.35. The summed E-state index contributed by atoms with van der Waals surface area (Å²) in [4.78, 5) is 24.0. The summed E-state index contributed by atoms with van der Waals surface area (Å²) in [5, 5.41) is 12.1. The SMILES string of the molecule is Cc1cc(C(=O)Nc2ccc(NC(=O)c3ccc(C)o3)cc2)n[nH]1. The van der Waals surface area contributed by atoms with Crippen LogP contribution in [0.2, 0.25) is 0 Å². The Morgan fingerprint density at radius 3 is 2.08 bits per heavy atom. The molecule has 2 aromatic heterocycles. The summed E-state index contributed by atoms with van der Waals surface area (Å²) in [5.74, 6) is 0.291. The molecule has 3 aromatic rings. The number of nitrogens with zero attached hydrogens (tertiary/aromatic N) is 1. The van der Waals surface area contributed by atoms with E-state index < -0.39 is 0 Å². The van der Waals surface area contributed by atoms with Gasteiger partial charge in [0.2, 0.25) is 0 Å². The van der Waals surface area contributed by atoms with Crippen molar-refractivity contribution in [2.75, 3.05) is 10.6 Å². The standard InChI is InChI=1S/C17H16N4O3/c1-10-9-14(21-20-10)16(22)18-12-4-6-13(7-5-12)19-17(23)15-8-3-11(2)24-15/h3-9H,1-2H3,(H,18,22)(H,19,23)(H,20,21). The lowest BCUT2D eigenvalue weighted by molar-refractivity contribution is 0.0993. The molecule has 0 bridgehead atoms.